The maximum absolute atomic E-state index is 12.3. The minimum absolute atomic E-state index is 0.0553. The molecule has 0 aromatic heterocycles. The van der Waals surface area contributed by atoms with Gasteiger partial charge in [-0.25, -0.2) is 0 Å². The standard InChI is InChI=1S/C20H32N2O/c1-15-10-8-9-13-17(15)22-18(23)14-21-19(20(2,3)4)16-11-6-5-7-12-16/h5-7,11-12,15,17,19,21H,8-10,13-14H2,1-4H3,(H,22,23)/t15-,17+,19-/m1/s1. The van der Waals surface area contributed by atoms with Crippen molar-refractivity contribution in [1.29, 1.82) is 0 Å². The van der Waals surface area contributed by atoms with E-state index in [9.17, 15) is 4.79 Å². The molecule has 1 aliphatic rings. The van der Waals surface area contributed by atoms with E-state index in [2.05, 4.69) is 62.6 Å². The highest BCUT2D eigenvalue weighted by molar-refractivity contribution is 5.78. The zero-order valence-electron chi connectivity index (χ0n) is 15.1. The van der Waals surface area contributed by atoms with Gasteiger partial charge < -0.3 is 10.6 Å². The molecule has 0 heterocycles. The highest BCUT2D eigenvalue weighted by Gasteiger charge is 2.27. The number of benzene rings is 1. The Labute approximate surface area is 141 Å². The van der Waals surface area contributed by atoms with Crippen molar-refractivity contribution in [2.24, 2.45) is 11.3 Å². The zero-order valence-corrected chi connectivity index (χ0v) is 15.1. The summed E-state index contributed by atoms with van der Waals surface area (Å²) in [5.41, 5.74) is 1.29. The lowest BCUT2D eigenvalue weighted by Crippen LogP contribution is -2.46. The van der Waals surface area contributed by atoms with Crippen LogP contribution in [0.5, 0.6) is 0 Å². The molecule has 2 rings (SSSR count). The smallest absolute Gasteiger partial charge is 0.234 e. The summed E-state index contributed by atoms with van der Waals surface area (Å²) in [6, 6.07) is 10.9. The van der Waals surface area contributed by atoms with Crippen LogP contribution in [-0.2, 0) is 4.79 Å². The number of carbonyl (C=O) groups excluding carboxylic acids is 1. The van der Waals surface area contributed by atoms with E-state index < -0.39 is 0 Å². The summed E-state index contributed by atoms with van der Waals surface area (Å²) < 4.78 is 0. The maximum Gasteiger partial charge on any atom is 0.234 e. The maximum atomic E-state index is 12.3. The molecule has 3 heteroatoms. The van der Waals surface area contributed by atoms with Crippen molar-refractivity contribution >= 4 is 5.91 Å². The van der Waals surface area contributed by atoms with Gasteiger partial charge in [-0.05, 0) is 29.7 Å². The average Bonchev–Trinajstić information content (AvgIpc) is 2.49. The summed E-state index contributed by atoms with van der Waals surface area (Å²) in [7, 11) is 0. The van der Waals surface area contributed by atoms with Crippen LogP contribution >= 0.6 is 0 Å². The molecule has 1 aromatic carbocycles. The molecule has 128 valence electrons. The van der Waals surface area contributed by atoms with Crippen LogP contribution in [0, 0.1) is 11.3 Å². The minimum Gasteiger partial charge on any atom is -0.352 e. The molecular formula is C20H32N2O. The van der Waals surface area contributed by atoms with Gasteiger partial charge in [0.25, 0.3) is 0 Å². The Morgan fingerprint density at radius 2 is 1.83 bits per heavy atom. The van der Waals surface area contributed by atoms with Crippen LogP contribution in [0.4, 0.5) is 0 Å². The van der Waals surface area contributed by atoms with Gasteiger partial charge in [-0.1, -0.05) is 70.9 Å². The first-order valence-corrected chi connectivity index (χ1v) is 8.95. The van der Waals surface area contributed by atoms with Crippen LogP contribution < -0.4 is 10.6 Å². The fourth-order valence-electron chi connectivity index (χ4n) is 3.55. The van der Waals surface area contributed by atoms with Crippen LogP contribution in [-0.4, -0.2) is 18.5 Å². The summed E-state index contributed by atoms with van der Waals surface area (Å²) in [6.07, 6.45) is 4.88. The summed E-state index contributed by atoms with van der Waals surface area (Å²) in [6.45, 7) is 9.25. The van der Waals surface area contributed by atoms with Crippen molar-refractivity contribution < 1.29 is 4.79 Å². The lowest BCUT2D eigenvalue weighted by atomic mass is 9.82. The van der Waals surface area contributed by atoms with Gasteiger partial charge in [0.1, 0.15) is 0 Å². The van der Waals surface area contributed by atoms with Crippen LogP contribution in [0.25, 0.3) is 0 Å². The Morgan fingerprint density at radius 1 is 1.17 bits per heavy atom. The Bertz CT molecular complexity index is 492. The molecule has 0 spiro atoms. The van der Waals surface area contributed by atoms with Crippen molar-refractivity contribution in [2.45, 2.75) is 65.5 Å². The second-order valence-corrected chi connectivity index (χ2v) is 8.03. The van der Waals surface area contributed by atoms with Gasteiger partial charge in [-0.2, -0.15) is 0 Å². The SMILES string of the molecule is C[C@@H]1CCCC[C@@H]1NC(=O)CN[C@H](c1ccccc1)C(C)(C)C. The Kier molecular flexibility index (Phi) is 6.23. The van der Waals surface area contributed by atoms with E-state index in [0.717, 1.165) is 6.42 Å². The quantitative estimate of drug-likeness (QED) is 0.860. The van der Waals surface area contributed by atoms with Gasteiger partial charge >= 0.3 is 0 Å². The number of hydrogen-bond acceptors (Lipinski definition) is 2. The number of hydrogen-bond donors (Lipinski definition) is 2. The molecule has 0 radical (unpaired) electrons. The van der Waals surface area contributed by atoms with Crippen molar-refractivity contribution in [1.82, 2.24) is 10.6 Å². The van der Waals surface area contributed by atoms with E-state index in [4.69, 9.17) is 0 Å². The van der Waals surface area contributed by atoms with Crippen LogP contribution in [0.2, 0.25) is 0 Å². The minimum atomic E-state index is 0.0553. The predicted molar refractivity (Wildman–Crippen MR) is 96.2 cm³/mol. The Balaban J connectivity index is 1.92. The van der Waals surface area contributed by atoms with Gasteiger partial charge in [-0.3, -0.25) is 4.79 Å². The van der Waals surface area contributed by atoms with Gasteiger partial charge in [-0.15, -0.1) is 0 Å². The predicted octanol–water partition coefficient (Wildman–Crippen LogP) is 4.06. The third-order valence-corrected chi connectivity index (χ3v) is 4.92. The first kappa shape index (κ1) is 18.0. The second kappa shape index (κ2) is 7.96. The molecular weight excluding hydrogens is 284 g/mol. The Hall–Kier alpha value is -1.35. The Morgan fingerprint density at radius 3 is 2.43 bits per heavy atom. The molecule has 2 N–H and O–H groups in total. The fraction of sp³-hybridized carbons (Fsp3) is 0.650. The van der Waals surface area contributed by atoms with E-state index in [0.29, 0.717) is 18.5 Å². The number of amides is 1. The number of carbonyl (C=O) groups is 1. The molecule has 3 atom stereocenters. The summed E-state index contributed by atoms with van der Waals surface area (Å²) in [5, 5.41) is 6.69. The molecule has 1 aliphatic carbocycles. The first-order chi connectivity index (χ1) is 10.9. The summed E-state index contributed by atoms with van der Waals surface area (Å²) >= 11 is 0. The number of rotatable bonds is 5. The monoisotopic (exact) mass is 316 g/mol. The molecule has 0 saturated heterocycles. The third-order valence-electron chi connectivity index (χ3n) is 4.92. The largest absolute Gasteiger partial charge is 0.352 e. The molecule has 1 saturated carbocycles. The van der Waals surface area contributed by atoms with Crippen molar-refractivity contribution in [2.75, 3.05) is 6.54 Å². The normalized spacial score (nSPS) is 23.3. The van der Waals surface area contributed by atoms with Gasteiger partial charge in [0, 0.05) is 12.1 Å². The van der Waals surface area contributed by atoms with Crippen LogP contribution in [0.15, 0.2) is 30.3 Å². The topological polar surface area (TPSA) is 41.1 Å². The van der Waals surface area contributed by atoms with Crippen LogP contribution in [0.3, 0.4) is 0 Å². The van der Waals surface area contributed by atoms with E-state index in [-0.39, 0.29) is 17.4 Å². The molecule has 0 aliphatic heterocycles. The zero-order chi connectivity index (χ0) is 16.9. The van der Waals surface area contributed by atoms with Crippen molar-refractivity contribution in [3.05, 3.63) is 35.9 Å². The number of nitrogens with one attached hydrogen (secondary N) is 2. The average molecular weight is 316 g/mol. The first-order valence-electron chi connectivity index (χ1n) is 8.95. The summed E-state index contributed by atoms with van der Waals surface area (Å²) in [5.74, 6) is 0.717. The molecule has 3 nitrogen and oxygen atoms in total. The van der Waals surface area contributed by atoms with Gasteiger partial charge in [0.05, 0.1) is 6.54 Å². The molecule has 1 fully saturated rings. The highest BCUT2D eigenvalue weighted by atomic mass is 16.2. The summed E-state index contributed by atoms with van der Waals surface area (Å²) in [4.78, 5) is 12.3. The van der Waals surface area contributed by atoms with Gasteiger partial charge in [0.2, 0.25) is 5.91 Å². The van der Waals surface area contributed by atoms with Gasteiger partial charge in [0.15, 0.2) is 0 Å². The van der Waals surface area contributed by atoms with Crippen molar-refractivity contribution in [3.63, 3.8) is 0 Å². The molecule has 0 bridgehead atoms. The molecule has 1 amide bonds. The molecule has 0 unspecified atom stereocenters. The van der Waals surface area contributed by atoms with Crippen molar-refractivity contribution in [3.8, 4) is 0 Å². The molecule has 23 heavy (non-hydrogen) atoms. The third kappa shape index (κ3) is 5.35. The van der Waals surface area contributed by atoms with E-state index >= 15 is 0 Å². The van der Waals surface area contributed by atoms with E-state index in [1.54, 1.807) is 0 Å². The van der Waals surface area contributed by atoms with Crippen LogP contribution in [0.1, 0.15) is 65.0 Å². The van der Waals surface area contributed by atoms with E-state index in [1.165, 1.54) is 24.8 Å². The lowest BCUT2D eigenvalue weighted by molar-refractivity contribution is -0.121. The highest BCUT2D eigenvalue weighted by Crippen LogP contribution is 2.32. The molecule has 1 aromatic rings. The fourth-order valence-corrected chi connectivity index (χ4v) is 3.55. The lowest BCUT2D eigenvalue weighted by Gasteiger charge is -2.33. The second-order valence-electron chi connectivity index (χ2n) is 8.03. The van der Waals surface area contributed by atoms with E-state index in [1.807, 2.05) is 6.07 Å².